The smallest absolute Gasteiger partial charge is 0.0737 e. The van der Waals surface area contributed by atoms with Gasteiger partial charge < -0.3 is 15.2 Å². The van der Waals surface area contributed by atoms with E-state index >= 15 is 0 Å². The van der Waals surface area contributed by atoms with Crippen LogP contribution in [0.25, 0.3) is 0 Å². The highest BCUT2D eigenvalue weighted by Crippen LogP contribution is 2.36. The van der Waals surface area contributed by atoms with Crippen molar-refractivity contribution in [2.24, 2.45) is 5.73 Å². The minimum Gasteiger partial charge on any atom is -0.381 e. The summed E-state index contributed by atoms with van der Waals surface area (Å²) in [5.41, 5.74) is 5.54. The number of hydrogen-bond donors (Lipinski definition) is 1. The third kappa shape index (κ3) is 3.08. The van der Waals surface area contributed by atoms with E-state index in [-0.39, 0.29) is 16.1 Å². The van der Waals surface area contributed by atoms with Crippen molar-refractivity contribution in [3.05, 3.63) is 0 Å². The molecule has 17 heavy (non-hydrogen) atoms. The van der Waals surface area contributed by atoms with Gasteiger partial charge in [0.05, 0.1) is 5.60 Å². The molecule has 100 valence electrons. The third-order valence-electron chi connectivity index (χ3n) is 3.91. The van der Waals surface area contributed by atoms with Crippen LogP contribution in [0, 0.1) is 0 Å². The second-order valence-corrected chi connectivity index (χ2v) is 7.26. The number of nitrogens with two attached hydrogens (primary N) is 1. The van der Waals surface area contributed by atoms with Crippen LogP contribution in [0.15, 0.2) is 0 Å². The lowest BCUT2D eigenvalue weighted by Crippen LogP contribution is -2.48. The Kier molecular flexibility index (Phi) is 4.58. The first kappa shape index (κ1) is 13.5. The molecule has 0 bridgehead atoms. The molecule has 2 heterocycles. The molecule has 2 fully saturated rings. The van der Waals surface area contributed by atoms with Crippen molar-refractivity contribution in [2.45, 2.75) is 48.7 Å². The molecule has 2 rings (SSSR count). The lowest BCUT2D eigenvalue weighted by atomic mass is 9.86. The van der Waals surface area contributed by atoms with E-state index in [0.717, 1.165) is 45.5 Å². The first-order valence-electron chi connectivity index (χ1n) is 6.48. The van der Waals surface area contributed by atoms with E-state index in [9.17, 15) is 4.21 Å². The normalized spacial score (nSPS) is 32.2. The molecule has 0 aromatic rings. The zero-order valence-electron chi connectivity index (χ0n) is 10.5. The molecule has 2 aliphatic heterocycles. The van der Waals surface area contributed by atoms with E-state index in [1.165, 1.54) is 0 Å². The molecular formula is C12H23NO3S. The van der Waals surface area contributed by atoms with E-state index in [4.69, 9.17) is 15.2 Å². The van der Waals surface area contributed by atoms with Crippen LogP contribution in [0.2, 0.25) is 0 Å². The van der Waals surface area contributed by atoms with Gasteiger partial charge in [0.2, 0.25) is 0 Å². The van der Waals surface area contributed by atoms with Gasteiger partial charge in [-0.2, -0.15) is 0 Å². The Morgan fingerprint density at radius 1 is 1.41 bits per heavy atom. The zero-order chi connectivity index (χ0) is 12.3. The Balaban J connectivity index is 1.98. The van der Waals surface area contributed by atoms with Crippen molar-refractivity contribution in [2.75, 3.05) is 26.4 Å². The lowest BCUT2D eigenvalue weighted by molar-refractivity contribution is -0.131. The van der Waals surface area contributed by atoms with E-state index in [0.29, 0.717) is 6.54 Å². The third-order valence-corrected chi connectivity index (χ3v) is 5.95. The van der Waals surface area contributed by atoms with Crippen LogP contribution >= 0.6 is 0 Å². The molecule has 0 amide bonds. The Labute approximate surface area is 106 Å². The van der Waals surface area contributed by atoms with Gasteiger partial charge in [-0.25, -0.2) is 0 Å². The maximum absolute atomic E-state index is 12.3. The summed E-state index contributed by atoms with van der Waals surface area (Å²) in [5.74, 6) is 0. The van der Waals surface area contributed by atoms with Gasteiger partial charge in [-0.15, -0.1) is 0 Å². The predicted molar refractivity (Wildman–Crippen MR) is 68.4 cm³/mol. The van der Waals surface area contributed by atoms with E-state index in [1.54, 1.807) is 0 Å². The molecule has 1 spiro atoms. The summed E-state index contributed by atoms with van der Waals surface area (Å²) in [4.78, 5) is 0. The van der Waals surface area contributed by atoms with Gasteiger partial charge in [-0.05, 0) is 32.6 Å². The van der Waals surface area contributed by atoms with Gasteiger partial charge in [0.15, 0.2) is 0 Å². The maximum Gasteiger partial charge on any atom is 0.0737 e. The van der Waals surface area contributed by atoms with Crippen molar-refractivity contribution >= 4 is 10.8 Å². The average Bonchev–Trinajstić information content (AvgIpc) is 2.38. The molecule has 5 heteroatoms. The zero-order valence-corrected chi connectivity index (χ0v) is 11.3. The molecule has 2 aliphatic rings. The van der Waals surface area contributed by atoms with E-state index < -0.39 is 10.8 Å². The molecule has 4 nitrogen and oxygen atoms in total. The van der Waals surface area contributed by atoms with Crippen LogP contribution in [0.5, 0.6) is 0 Å². The topological polar surface area (TPSA) is 61.6 Å². The number of rotatable bonds is 3. The number of ether oxygens (including phenoxy) is 2. The highest BCUT2D eigenvalue weighted by Gasteiger charge is 2.41. The first-order chi connectivity index (χ1) is 8.17. The van der Waals surface area contributed by atoms with Crippen molar-refractivity contribution in [1.29, 1.82) is 0 Å². The molecule has 2 N–H and O–H groups in total. The Hall–Kier alpha value is 0.0300. The van der Waals surface area contributed by atoms with Gasteiger partial charge in [0, 0.05) is 47.7 Å². The summed E-state index contributed by atoms with van der Waals surface area (Å²) in [6, 6.07) is 0. The van der Waals surface area contributed by atoms with Crippen molar-refractivity contribution in [3.63, 3.8) is 0 Å². The monoisotopic (exact) mass is 261 g/mol. The fraction of sp³-hybridized carbons (Fsp3) is 1.00. The van der Waals surface area contributed by atoms with Gasteiger partial charge in [0.25, 0.3) is 0 Å². The second-order valence-electron chi connectivity index (χ2n) is 5.13. The SMILES string of the molecule is CC(CN)S(=O)C1CCOC2(CCOCC2)C1. The van der Waals surface area contributed by atoms with Gasteiger partial charge in [0.1, 0.15) is 0 Å². The first-order valence-corrected chi connectivity index (χ1v) is 7.76. The molecule has 2 saturated heterocycles. The quantitative estimate of drug-likeness (QED) is 0.816. The fourth-order valence-electron chi connectivity index (χ4n) is 2.70. The van der Waals surface area contributed by atoms with Gasteiger partial charge >= 0.3 is 0 Å². The van der Waals surface area contributed by atoms with Crippen molar-refractivity contribution in [1.82, 2.24) is 0 Å². The largest absolute Gasteiger partial charge is 0.381 e. The second kappa shape index (κ2) is 5.78. The van der Waals surface area contributed by atoms with Gasteiger partial charge in [-0.3, -0.25) is 4.21 Å². The Morgan fingerprint density at radius 2 is 2.12 bits per heavy atom. The molecule has 0 aliphatic carbocycles. The van der Waals surface area contributed by atoms with Crippen LogP contribution in [0.3, 0.4) is 0 Å². The molecule has 0 radical (unpaired) electrons. The summed E-state index contributed by atoms with van der Waals surface area (Å²) >= 11 is 0. The molecule has 0 saturated carbocycles. The summed E-state index contributed by atoms with van der Waals surface area (Å²) in [7, 11) is -0.825. The van der Waals surface area contributed by atoms with E-state index in [1.807, 2.05) is 6.92 Å². The minimum absolute atomic E-state index is 0.0643. The Bertz CT molecular complexity index is 273. The van der Waals surface area contributed by atoms with Crippen LogP contribution < -0.4 is 5.73 Å². The highest BCUT2D eigenvalue weighted by atomic mass is 32.2. The van der Waals surface area contributed by atoms with Crippen LogP contribution in [0.1, 0.15) is 32.6 Å². The minimum atomic E-state index is -0.825. The predicted octanol–water partition coefficient (Wildman–Crippen LogP) is 0.811. The van der Waals surface area contributed by atoms with Crippen LogP contribution in [0.4, 0.5) is 0 Å². The molecule has 0 aromatic heterocycles. The summed E-state index contributed by atoms with van der Waals surface area (Å²) < 4.78 is 23.6. The Morgan fingerprint density at radius 3 is 2.76 bits per heavy atom. The summed E-state index contributed by atoms with van der Waals surface area (Å²) in [6.45, 7) is 4.74. The lowest BCUT2D eigenvalue weighted by Gasteiger charge is -2.43. The molecule has 3 unspecified atom stereocenters. The molecular weight excluding hydrogens is 238 g/mol. The van der Waals surface area contributed by atoms with Crippen molar-refractivity contribution < 1.29 is 13.7 Å². The average molecular weight is 261 g/mol. The van der Waals surface area contributed by atoms with Crippen molar-refractivity contribution in [3.8, 4) is 0 Å². The molecule has 3 atom stereocenters. The maximum atomic E-state index is 12.3. The molecule has 0 aromatic carbocycles. The highest BCUT2D eigenvalue weighted by molar-refractivity contribution is 7.86. The van der Waals surface area contributed by atoms with Crippen LogP contribution in [-0.4, -0.2) is 46.7 Å². The summed E-state index contributed by atoms with van der Waals surface area (Å²) in [5, 5.41) is 0.343. The van der Waals surface area contributed by atoms with Crippen LogP contribution in [-0.2, 0) is 20.3 Å². The summed E-state index contributed by atoms with van der Waals surface area (Å²) in [6.07, 6.45) is 3.70. The number of hydrogen-bond acceptors (Lipinski definition) is 4. The fourth-order valence-corrected chi connectivity index (χ4v) is 4.34. The standard InChI is InChI=1S/C12H23NO3S/c1-10(9-13)17(14)11-2-5-16-12(8-11)3-6-15-7-4-12/h10-11H,2-9,13H2,1H3. The van der Waals surface area contributed by atoms with Gasteiger partial charge in [-0.1, -0.05) is 0 Å². The van der Waals surface area contributed by atoms with E-state index in [2.05, 4.69) is 0 Å².